The quantitative estimate of drug-likeness (QED) is 0.187. The first-order valence-corrected chi connectivity index (χ1v) is 9.16. The van der Waals surface area contributed by atoms with Gasteiger partial charge in [-0.05, 0) is 6.07 Å². The molecule has 0 radical (unpaired) electrons. The van der Waals surface area contributed by atoms with Crippen LogP contribution in [-0.2, 0) is 25.7 Å². The molecule has 2 aromatic carbocycles. The third kappa shape index (κ3) is 5.29. The molecule has 152 valence electrons. The lowest BCUT2D eigenvalue weighted by Crippen LogP contribution is -2.06. The second-order valence-corrected chi connectivity index (χ2v) is 6.09. The van der Waals surface area contributed by atoms with Gasteiger partial charge >= 0.3 is 5.97 Å². The molecular formula is C23H21N3O4. The van der Waals surface area contributed by atoms with Crippen molar-refractivity contribution in [3.8, 4) is 11.4 Å². The number of hydrogen-bond acceptors (Lipinski definition) is 7. The molecule has 0 atom stereocenters. The number of ether oxygens (including phenoxy) is 2. The molecule has 0 N–H and O–H groups in total. The maximum absolute atomic E-state index is 12.1. The average Bonchev–Trinajstić information content (AvgIpc) is 2.81. The minimum atomic E-state index is -0.506. The fourth-order valence-corrected chi connectivity index (χ4v) is 2.70. The molecule has 0 bridgehead atoms. The van der Waals surface area contributed by atoms with E-state index in [-0.39, 0.29) is 12.2 Å². The number of hydrogen-bond donors (Lipinski definition) is 0. The molecule has 0 aliphatic rings. The minimum Gasteiger partial charge on any atom is -0.503 e. The van der Waals surface area contributed by atoms with Crippen molar-refractivity contribution in [1.82, 2.24) is 9.97 Å². The number of oxime groups is 1. The first-order chi connectivity index (χ1) is 14.7. The largest absolute Gasteiger partial charge is 0.503 e. The molecule has 0 amide bonds. The van der Waals surface area contributed by atoms with E-state index in [1.54, 1.807) is 18.3 Å². The Labute approximate surface area is 174 Å². The van der Waals surface area contributed by atoms with Crippen molar-refractivity contribution in [1.29, 1.82) is 0 Å². The van der Waals surface area contributed by atoms with Crippen LogP contribution in [0.1, 0.15) is 16.8 Å². The highest BCUT2D eigenvalue weighted by Gasteiger charge is 2.15. The van der Waals surface area contributed by atoms with Gasteiger partial charge in [-0.15, -0.1) is 0 Å². The van der Waals surface area contributed by atoms with Gasteiger partial charge in [0.25, 0.3) is 0 Å². The zero-order valence-electron chi connectivity index (χ0n) is 16.7. The molecule has 0 fully saturated rings. The van der Waals surface area contributed by atoms with Crippen LogP contribution in [0.4, 0.5) is 0 Å². The molecule has 0 saturated carbocycles. The summed E-state index contributed by atoms with van der Waals surface area (Å²) in [6, 6.07) is 18.7. The summed E-state index contributed by atoms with van der Waals surface area (Å²) >= 11 is 0. The highest BCUT2D eigenvalue weighted by Crippen LogP contribution is 2.20. The molecular weight excluding hydrogens is 382 g/mol. The van der Waals surface area contributed by atoms with Gasteiger partial charge in [-0.3, -0.25) is 0 Å². The van der Waals surface area contributed by atoms with E-state index in [0.29, 0.717) is 22.6 Å². The molecule has 3 aromatic rings. The predicted molar refractivity (Wildman–Crippen MR) is 113 cm³/mol. The molecule has 1 heterocycles. The molecule has 3 rings (SSSR count). The lowest BCUT2D eigenvalue weighted by Gasteiger charge is -2.08. The van der Waals surface area contributed by atoms with Crippen molar-refractivity contribution < 1.29 is 19.1 Å². The Kier molecular flexibility index (Phi) is 7.27. The van der Waals surface area contributed by atoms with E-state index in [4.69, 9.17) is 14.3 Å². The smallest absolute Gasteiger partial charge is 0.341 e. The number of carbonyl (C=O) groups excluding carboxylic acids is 1. The number of carbonyl (C=O) groups is 1. The molecule has 0 saturated heterocycles. The van der Waals surface area contributed by atoms with Gasteiger partial charge in [-0.2, -0.15) is 0 Å². The van der Waals surface area contributed by atoms with Crippen LogP contribution >= 0.6 is 0 Å². The second-order valence-electron chi connectivity index (χ2n) is 6.09. The van der Waals surface area contributed by atoms with Gasteiger partial charge in [0.15, 0.2) is 12.4 Å². The zero-order chi connectivity index (χ0) is 21.2. The van der Waals surface area contributed by atoms with Gasteiger partial charge in [0, 0.05) is 22.9 Å². The van der Waals surface area contributed by atoms with Crippen LogP contribution in [0.5, 0.6) is 0 Å². The number of aromatic nitrogens is 2. The summed E-state index contributed by atoms with van der Waals surface area (Å²) in [5, 5.41) is 4.02. The number of methoxy groups -OCH3 is 2. The molecule has 7 nitrogen and oxygen atoms in total. The second kappa shape index (κ2) is 10.5. The van der Waals surface area contributed by atoms with Crippen molar-refractivity contribution in [3.63, 3.8) is 0 Å². The number of benzene rings is 2. The topological polar surface area (TPSA) is 82.9 Å². The molecule has 1 aromatic heterocycles. The Morgan fingerprint density at radius 2 is 1.80 bits per heavy atom. The van der Waals surface area contributed by atoms with Gasteiger partial charge in [0.05, 0.1) is 32.4 Å². The summed E-state index contributed by atoms with van der Waals surface area (Å²) in [7, 11) is 2.78. The lowest BCUT2D eigenvalue weighted by atomic mass is 10.0. The van der Waals surface area contributed by atoms with Gasteiger partial charge in [-0.1, -0.05) is 59.8 Å². The van der Waals surface area contributed by atoms with Crippen LogP contribution < -0.4 is 0 Å². The van der Waals surface area contributed by atoms with Gasteiger partial charge < -0.3 is 14.3 Å². The standard InChI is InChI=1S/C23H21N3O4/c1-28-16-21(23(27)29-2)20-11-7-6-10-18(20)14-25-30-15-19-12-13-24-22(26-19)17-8-4-3-5-9-17/h3-14,16H,15H2,1-2H3/b21-16+,25-14+. The van der Waals surface area contributed by atoms with Crippen molar-refractivity contribution in [2.45, 2.75) is 6.61 Å². The molecule has 7 heteroatoms. The third-order valence-corrected chi connectivity index (χ3v) is 4.12. The number of nitrogens with zero attached hydrogens (tertiary/aromatic N) is 3. The average molecular weight is 403 g/mol. The Hall–Kier alpha value is -4.00. The molecule has 30 heavy (non-hydrogen) atoms. The maximum atomic E-state index is 12.1. The Morgan fingerprint density at radius 3 is 2.57 bits per heavy atom. The highest BCUT2D eigenvalue weighted by atomic mass is 16.6. The van der Waals surface area contributed by atoms with Crippen LogP contribution in [0.3, 0.4) is 0 Å². The molecule has 0 aliphatic carbocycles. The van der Waals surface area contributed by atoms with E-state index in [1.165, 1.54) is 26.7 Å². The van der Waals surface area contributed by atoms with E-state index in [0.717, 1.165) is 5.56 Å². The fourth-order valence-electron chi connectivity index (χ4n) is 2.70. The van der Waals surface area contributed by atoms with E-state index < -0.39 is 5.97 Å². The zero-order valence-corrected chi connectivity index (χ0v) is 16.7. The van der Waals surface area contributed by atoms with Gasteiger partial charge in [0.1, 0.15) is 5.57 Å². The van der Waals surface area contributed by atoms with E-state index in [1.807, 2.05) is 48.5 Å². The Morgan fingerprint density at radius 1 is 1.03 bits per heavy atom. The van der Waals surface area contributed by atoms with Crippen LogP contribution in [0.2, 0.25) is 0 Å². The summed E-state index contributed by atoms with van der Waals surface area (Å²) < 4.78 is 9.84. The molecule has 0 spiro atoms. The van der Waals surface area contributed by atoms with Gasteiger partial charge in [0.2, 0.25) is 0 Å². The third-order valence-electron chi connectivity index (χ3n) is 4.12. The predicted octanol–water partition coefficient (Wildman–Crippen LogP) is 3.85. The summed E-state index contributed by atoms with van der Waals surface area (Å²) in [6.07, 6.45) is 4.55. The number of rotatable bonds is 8. The monoisotopic (exact) mass is 403 g/mol. The van der Waals surface area contributed by atoms with Crippen LogP contribution in [-0.4, -0.2) is 36.4 Å². The SMILES string of the molecule is CO/C=C(/C(=O)OC)c1ccccc1/C=N/OCc1ccnc(-c2ccccc2)n1. The summed E-state index contributed by atoms with van der Waals surface area (Å²) in [6.45, 7) is 0.179. The van der Waals surface area contributed by atoms with E-state index in [9.17, 15) is 4.79 Å². The summed E-state index contributed by atoms with van der Waals surface area (Å²) in [4.78, 5) is 26.3. The van der Waals surface area contributed by atoms with Crippen molar-refractivity contribution in [3.05, 3.63) is 89.9 Å². The molecule has 0 aliphatic heterocycles. The van der Waals surface area contributed by atoms with E-state index in [2.05, 4.69) is 15.1 Å². The first kappa shape index (κ1) is 20.7. The Bertz CT molecular complexity index is 1050. The highest BCUT2D eigenvalue weighted by molar-refractivity contribution is 6.18. The fraction of sp³-hybridized carbons (Fsp3) is 0.130. The first-order valence-electron chi connectivity index (χ1n) is 9.16. The van der Waals surface area contributed by atoms with E-state index >= 15 is 0 Å². The van der Waals surface area contributed by atoms with Crippen LogP contribution in [0.25, 0.3) is 17.0 Å². The van der Waals surface area contributed by atoms with Crippen LogP contribution in [0.15, 0.2) is 78.3 Å². The van der Waals surface area contributed by atoms with Crippen molar-refractivity contribution >= 4 is 17.8 Å². The van der Waals surface area contributed by atoms with Crippen LogP contribution in [0, 0.1) is 0 Å². The van der Waals surface area contributed by atoms with Crippen molar-refractivity contribution in [2.75, 3.05) is 14.2 Å². The summed E-state index contributed by atoms with van der Waals surface area (Å²) in [5.74, 6) is 0.117. The summed E-state index contributed by atoms with van der Waals surface area (Å²) in [5.41, 5.74) is 3.21. The normalized spacial score (nSPS) is 11.3. The minimum absolute atomic E-state index is 0.179. The molecule has 0 unspecified atom stereocenters. The van der Waals surface area contributed by atoms with Gasteiger partial charge in [-0.25, -0.2) is 14.8 Å². The maximum Gasteiger partial charge on any atom is 0.341 e. The number of esters is 1. The Balaban J connectivity index is 1.71. The van der Waals surface area contributed by atoms with Crippen molar-refractivity contribution in [2.24, 2.45) is 5.16 Å². The lowest BCUT2D eigenvalue weighted by molar-refractivity contribution is -0.133.